The largest absolute Gasteiger partial charge is 0.453 e. The maximum Gasteiger partial charge on any atom is 0.411 e. The molecule has 0 spiro atoms. The number of rotatable bonds is 6. The van der Waals surface area contributed by atoms with E-state index in [0.717, 1.165) is 37.5 Å². The number of guanidine groups is 1. The first-order chi connectivity index (χ1) is 15.1. The lowest BCUT2D eigenvalue weighted by Crippen LogP contribution is -2.41. The fourth-order valence-corrected chi connectivity index (χ4v) is 3.69. The number of nitrogens with one attached hydrogen (secondary N) is 3. The average Bonchev–Trinajstić information content (AvgIpc) is 2.81. The second-order valence-corrected chi connectivity index (χ2v) is 7.72. The van der Waals surface area contributed by atoms with Gasteiger partial charge in [0.2, 0.25) is 0 Å². The van der Waals surface area contributed by atoms with E-state index in [1.807, 2.05) is 24.3 Å². The first kappa shape index (κ1) is 22.6. The van der Waals surface area contributed by atoms with Gasteiger partial charge in [-0.15, -0.1) is 0 Å². The summed E-state index contributed by atoms with van der Waals surface area (Å²) in [6, 6.07) is 16.2. The van der Waals surface area contributed by atoms with E-state index in [1.54, 1.807) is 7.05 Å². The quantitative estimate of drug-likeness (QED) is 0.482. The third-order valence-electron chi connectivity index (χ3n) is 5.45. The van der Waals surface area contributed by atoms with Crippen LogP contribution in [0.3, 0.4) is 0 Å². The van der Waals surface area contributed by atoms with Crippen molar-refractivity contribution < 1.29 is 14.3 Å². The number of carbonyl (C=O) groups excluding carboxylic acids is 1. The lowest BCUT2D eigenvalue weighted by atomic mass is 9.89. The highest BCUT2D eigenvalue weighted by atomic mass is 16.5. The molecule has 2 unspecified atom stereocenters. The van der Waals surface area contributed by atoms with E-state index in [1.165, 1.54) is 18.2 Å². The van der Waals surface area contributed by atoms with Crippen LogP contribution in [0.5, 0.6) is 0 Å². The van der Waals surface area contributed by atoms with Gasteiger partial charge in [-0.25, -0.2) is 4.79 Å². The zero-order chi connectivity index (χ0) is 22.1. The van der Waals surface area contributed by atoms with Crippen LogP contribution in [-0.4, -0.2) is 39.4 Å². The van der Waals surface area contributed by atoms with Crippen molar-refractivity contribution in [2.24, 2.45) is 10.9 Å². The van der Waals surface area contributed by atoms with Crippen LogP contribution in [0.15, 0.2) is 53.5 Å². The van der Waals surface area contributed by atoms with Gasteiger partial charge in [-0.2, -0.15) is 0 Å². The molecule has 2 aromatic rings. The number of benzene rings is 2. The summed E-state index contributed by atoms with van der Waals surface area (Å²) in [7, 11) is 3.11. The Hall–Kier alpha value is -3.06. The zero-order valence-corrected chi connectivity index (χ0v) is 18.5. The molecule has 1 aliphatic heterocycles. The minimum Gasteiger partial charge on any atom is -0.453 e. The van der Waals surface area contributed by atoms with Crippen molar-refractivity contribution in [2.45, 2.75) is 32.4 Å². The second kappa shape index (κ2) is 11.4. The fourth-order valence-electron chi connectivity index (χ4n) is 3.69. The Morgan fingerprint density at radius 3 is 2.55 bits per heavy atom. The molecule has 3 rings (SSSR count). The number of hydrogen-bond acceptors (Lipinski definition) is 4. The average molecular weight is 425 g/mol. The fraction of sp³-hybridized carbons (Fsp3) is 0.417. The molecule has 1 saturated heterocycles. The van der Waals surface area contributed by atoms with Gasteiger partial charge in [0.25, 0.3) is 0 Å². The highest BCUT2D eigenvalue weighted by Crippen LogP contribution is 2.33. The van der Waals surface area contributed by atoms with Gasteiger partial charge in [0.15, 0.2) is 5.96 Å². The van der Waals surface area contributed by atoms with Crippen molar-refractivity contribution in [3.63, 3.8) is 0 Å². The van der Waals surface area contributed by atoms with E-state index in [9.17, 15) is 4.79 Å². The minimum atomic E-state index is -0.480. The number of aryl methyl sites for hydroxylation is 1. The number of methoxy groups -OCH3 is 1. The summed E-state index contributed by atoms with van der Waals surface area (Å²) in [5.74, 6) is 1.14. The number of nitrogens with zero attached hydrogens (tertiary/aromatic N) is 1. The van der Waals surface area contributed by atoms with Crippen molar-refractivity contribution in [2.75, 3.05) is 32.6 Å². The summed E-state index contributed by atoms with van der Waals surface area (Å²) in [5.41, 5.74) is 4.27. The third-order valence-corrected chi connectivity index (χ3v) is 5.45. The predicted octanol–water partition coefficient (Wildman–Crippen LogP) is 4.01. The number of carbonyl (C=O) groups is 1. The number of ether oxygens (including phenoxy) is 2. The van der Waals surface area contributed by atoms with E-state index in [2.05, 4.69) is 56.9 Å². The number of amides is 1. The van der Waals surface area contributed by atoms with Crippen molar-refractivity contribution in [3.05, 3.63) is 65.2 Å². The molecule has 0 aliphatic carbocycles. The van der Waals surface area contributed by atoms with Crippen molar-refractivity contribution in [1.82, 2.24) is 10.6 Å². The summed E-state index contributed by atoms with van der Waals surface area (Å²) >= 11 is 0. The van der Waals surface area contributed by atoms with Crippen LogP contribution in [0, 0.1) is 12.8 Å². The van der Waals surface area contributed by atoms with E-state index in [4.69, 9.17) is 4.74 Å². The molecule has 1 amide bonds. The lowest BCUT2D eigenvalue weighted by Gasteiger charge is -2.32. The van der Waals surface area contributed by atoms with Gasteiger partial charge >= 0.3 is 6.09 Å². The standard InChI is InChI=1S/C24H32N4O3/c1-17-6-10-19(11-7-17)22-20(5-4-14-31-22)16-27-23(25-2)26-15-18-8-12-21(13-9-18)28-24(29)30-3/h6-13,20,22H,4-5,14-16H2,1-3H3,(H,28,29)(H2,25,26,27). The first-order valence-electron chi connectivity index (χ1n) is 10.7. The third kappa shape index (κ3) is 6.72. The number of anilines is 1. The molecular weight excluding hydrogens is 392 g/mol. The Bertz CT molecular complexity index is 865. The molecule has 1 heterocycles. The van der Waals surface area contributed by atoms with Crippen LogP contribution in [-0.2, 0) is 16.0 Å². The molecule has 7 nitrogen and oxygen atoms in total. The van der Waals surface area contributed by atoms with Crippen molar-refractivity contribution in [3.8, 4) is 0 Å². The molecule has 3 N–H and O–H groups in total. The van der Waals surface area contributed by atoms with E-state index in [0.29, 0.717) is 18.2 Å². The summed E-state index contributed by atoms with van der Waals surface area (Å²) in [5, 5.41) is 9.44. The van der Waals surface area contributed by atoms with Gasteiger partial charge in [-0.05, 0) is 43.0 Å². The molecule has 0 saturated carbocycles. The maximum atomic E-state index is 11.3. The molecular formula is C24H32N4O3. The molecule has 0 aromatic heterocycles. The van der Waals surface area contributed by atoms with Crippen LogP contribution >= 0.6 is 0 Å². The van der Waals surface area contributed by atoms with E-state index >= 15 is 0 Å². The Morgan fingerprint density at radius 2 is 1.87 bits per heavy atom. The molecule has 2 atom stereocenters. The molecule has 166 valence electrons. The van der Waals surface area contributed by atoms with Gasteiger partial charge in [-0.3, -0.25) is 10.3 Å². The smallest absolute Gasteiger partial charge is 0.411 e. The number of aliphatic imine (C=N–C) groups is 1. The maximum absolute atomic E-state index is 11.3. The highest BCUT2D eigenvalue weighted by molar-refractivity contribution is 5.84. The van der Waals surface area contributed by atoms with E-state index in [-0.39, 0.29) is 6.10 Å². The van der Waals surface area contributed by atoms with Crippen LogP contribution < -0.4 is 16.0 Å². The van der Waals surface area contributed by atoms with Gasteiger partial charge in [0.1, 0.15) is 0 Å². The molecule has 0 bridgehead atoms. The van der Waals surface area contributed by atoms with Crippen LogP contribution in [0.25, 0.3) is 0 Å². The zero-order valence-electron chi connectivity index (χ0n) is 18.5. The molecule has 1 aliphatic rings. The Kier molecular flexibility index (Phi) is 8.29. The summed E-state index contributed by atoms with van der Waals surface area (Å²) in [4.78, 5) is 15.6. The van der Waals surface area contributed by atoms with Gasteiger partial charge in [0, 0.05) is 38.3 Å². The molecule has 2 aromatic carbocycles. The number of hydrogen-bond donors (Lipinski definition) is 3. The monoisotopic (exact) mass is 424 g/mol. The Labute approximate surface area is 184 Å². The second-order valence-electron chi connectivity index (χ2n) is 7.72. The normalized spacial score (nSPS) is 18.9. The molecule has 1 fully saturated rings. The topological polar surface area (TPSA) is 84.0 Å². The molecule has 7 heteroatoms. The summed E-state index contributed by atoms with van der Waals surface area (Å²) in [6.45, 7) is 4.33. The van der Waals surface area contributed by atoms with Gasteiger partial charge in [0.05, 0.1) is 13.2 Å². The molecule has 0 radical (unpaired) electrons. The van der Waals surface area contributed by atoms with Crippen molar-refractivity contribution in [1.29, 1.82) is 0 Å². The van der Waals surface area contributed by atoms with Crippen LogP contribution in [0.2, 0.25) is 0 Å². The Balaban J connectivity index is 1.51. The van der Waals surface area contributed by atoms with Crippen molar-refractivity contribution >= 4 is 17.7 Å². The summed E-state index contributed by atoms with van der Waals surface area (Å²) in [6.07, 6.45) is 1.82. The summed E-state index contributed by atoms with van der Waals surface area (Å²) < 4.78 is 10.7. The SMILES string of the molecule is CN=C(NCc1ccc(NC(=O)OC)cc1)NCC1CCCOC1c1ccc(C)cc1. The predicted molar refractivity (Wildman–Crippen MR) is 123 cm³/mol. The molecule has 31 heavy (non-hydrogen) atoms. The lowest BCUT2D eigenvalue weighted by molar-refractivity contribution is -0.0265. The van der Waals surface area contributed by atoms with Crippen LogP contribution in [0.4, 0.5) is 10.5 Å². The van der Waals surface area contributed by atoms with E-state index < -0.39 is 6.09 Å². The highest BCUT2D eigenvalue weighted by Gasteiger charge is 2.27. The first-order valence-corrected chi connectivity index (χ1v) is 10.7. The minimum absolute atomic E-state index is 0.106. The van der Waals surface area contributed by atoms with Gasteiger partial charge in [-0.1, -0.05) is 42.0 Å². The van der Waals surface area contributed by atoms with Gasteiger partial charge < -0.3 is 20.1 Å². The Morgan fingerprint density at radius 1 is 1.13 bits per heavy atom. The van der Waals surface area contributed by atoms with Crippen LogP contribution in [0.1, 0.15) is 35.6 Å².